The molecule has 1 aliphatic rings. The average molecular weight is 399 g/mol. The Balaban J connectivity index is 1.45. The Bertz CT molecular complexity index is 1150. The van der Waals surface area contributed by atoms with E-state index in [0.29, 0.717) is 0 Å². The highest BCUT2D eigenvalue weighted by Gasteiger charge is 2.19. The Hall–Kier alpha value is -3.38. The van der Waals surface area contributed by atoms with Gasteiger partial charge in [-0.25, -0.2) is 9.97 Å². The molecule has 0 spiro atoms. The molecule has 0 bridgehead atoms. The Morgan fingerprint density at radius 3 is 2.60 bits per heavy atom. The molecule has 0 saturated carbocycles. The quantitative estimate of drug-likeness (QED) is 0.546. The largest absolute Gasteiger partial charge is 0.378 e. The minimum Gasteiger partial charge on any atom is -0.378 e. The minimum atomic E-state index is 0.717. The van der Waals surface area contributed by atoms with Crippen molar-refractivity contribution in [3.63, 3.8) is 0 Å². The number of hydrogen-bond acceptors (Lipinski definition) is 5. The van der Waals surface area contributed by atoms with E-state index in [1.807, 2.05) is 25.4 Å². The van der Waals surface area contributed by atoms with Crippen molar-refractivity contribution >= 4 is 17.3 Å². The number of aromatic nitrogens is 3. The SMILES string of the molecule is Cc1nc2c(N3CCOCC3)nccn2c1NCc1ccccc1-c1ccccc1. The maximum Gasteiger partial charge on any atom is 0.182 e. The number of anilines is 2. The van der Waals surface area contributed by atoms with Gasteiger partial charge in [-0.2, -0.15) is 0 Å². The van der Waals surface area contributed by atoms with Crippen molar-refractivity contribution < 1.29 is 4.74 Å². The van der Waals surface area contributed by atoms with Crippen LogP contribution >= 0.6 is 0 Å². The Morgan fingerprint density at radius 2 is 1.77 bits per heavy atom. The summed E-state index contributed by atoms with van der Waals surface area (Å²) in [5, 5.41) is 3.62. The molecule has 1 fully saturated rings. The lowest BCUT2D eigenvalue weighted by Crippen LogP contribution is -2.37. The van der Waals surface area contributed by atoms with Crippen molar-refractivity contribution in [2.45, 2.75) is 13.5 Å². The molecule has 0 atom stereocenters. The summed E-state index contributed by atoms with van der Waals surface area (Å²) in [7, 11) is 0. The topological polar surface area (TPSA) is 54.7 Å². The lowest BCUT2D eigenvalue weighted by atomic mass is 10.00. The van der Waals surface area contributed by atoms with Gasteiger partial charge in [-0.05, 0) is 23.6 Å². The van der Waals surface area contributed by atoms with Crippen LogP contribution in [-0.4, -0.2) is 40.7 Å². The van der Waals surface area contributed by atoms with E-state index >= 15 is 0 Å². The summed E-state index contributed by atoms with van der Waals surface area (Å²) < 4.78 is 7.60. The van der Waals surface area contributed by atoms with Gasteiger partial charge in [-0.1, -0.05) is 54.6 Å². The van der Waals surface area contributed by atoms with Crippen LogP contribution in [0.4, 0.5) is 11.6 Å². The molecular weight excluding hydrogens is 374 g/mol. The van der Waals surface area contributed by atoms with E-state index in [4.69, 9.17) is 9.72 Å². The van der Waals surface area contributed by atoms with E-state index in [-0.39, 0.29) is 0 Å². The summed E-state index contributed by atoms with van der Waals surface area (Å²) in [6.07, 6.45) is 3.83. The van der Waals surface area contributed by atoms with Crippen LogP contribution < -0.4 is 10.2 Å². The monoisotopic (exact) mass is 399 g/mol. The number of morpholine rings is 1. The molecule has 5 rings (SSSR count). The van der Waals surface area contributed by atoms with Crippen LogP contribution in [0.25, 0.3) is 16.8 Å². The molecule has 2 aromatic carbocycles. The fourth-order valence-corrected chi connectivity index (χ4v) is 4.04. The molecule has 152 valence electrons. The van der Waals surface area contributed by atoms with Crippen molar-refractivity contribution in [1.29, 1.82) is 0 Å². The van der Waals surface area contributed by atoms with Gasteiger partial charge >= 0.3 is 0 Å². The van der Waals surface area contributed by atoms with Gasteiger partial charge in [0, 0.05) is 32.0 Å². The highest BCUT2D eigenvalue weighted by Crippen LogP contribution is 2.27. The first-order chi connectivity index (χ1) is 14.8. The number of fused-ring (bicyclic) bond motifs is 1. The normalized spacial score (nSPS) is 14.2. The third-order valence-corrected chi connectivity index (χ3v) is 5.56. The third-order valence-electron chi connectivity index (χ3n) is 5.56. The van der Waals surface area contributed by atoms with Crippen molar-refractivity contribution in [3.05, 3.63) is 78.2 Å². The van der Waals surface area contributed by atoms with Gasteiger partial charge in [0.2, 0.25) is 0 Å². The van der Waals surface area contributed by atoms with Gasteiger partial charge in [-0.15, -0.1) is 0 Å². The smallest absolute Gasteiger partial charge is 0.182 e. The number of hydrogen-bond donors (Lipinski definition) is 1. The molecule has 0 aliphatic carbocycles. The minimum absolute atomic E-state index is 0.717. The van der Waals surface area contributed by atoms with E-state index < -0.39 is 0 Å². The molecule has 2 aromatic heterocycles. The first-order valence-corrected chi connectivity index (χ1v) is 10.3. The van der Waals surface area contributed by atoms with Gasteiger partial charge in [0.1, 0.15) is 5.82 Å². The average Bonchev–Trinajstić information content (AvgIpc) is 3.14. The Kier molecular flexibility index (Phi) is 5.07. The number of nitrogens with zero attached hydrogens (tertiary/aromatic N) is 4. The van der Waals surface area contributed by atoms with Crippen LogP contribution in [-0.2, 0) is 11.3 Å². The molecule has 1 aliphatic heterocycles. The van der Waals surface area contributed by atoms with E-state index in [1.165, 1.54) is 16.7 Å². The molecule has 0 radical (unpaired) electrons. The third kappa shape index (κ3) is 3.50. The molecule has 0 unspecified atom stereocenters. The van der Waals surface area contributed by atoms with Gasteiger partial charge < -0.3 is 15.0 Å². The second kappa shape index (κ2) is 8.16. The molecule has 1 N–H and O–H groups in total. The molecule has 0 amide bonds. The van der Waals surface area contributed by atoms with Crippen molar-refractivity contribution in [3.8, 4) is 11.1 Å². The highest BCUT2D eigenvalue weighted by atomic mass is 16.5. The van der Waals surface area contributed by atoms with E-state index in [9.17, 15) is 0 Å². The number of nitrogens with one attached hydrogen (secondary N) is 1. The second-order valence-electron chi connectivity index (χ2n) is 7.47. The maximum atomic E-state index is 5.49. The summed E-state index contributed by atoms with van der Waals surface area (Å²) in [6, 6.07) is 19.0. The molecule has 3 heterocycles. The van der Waals surface area contributed by atoms with Crippen LogP contribution in [0.1, 0.15) is 11.3 Å². The maximum absolute atomic E-state index is 5.49. The summed E-state index contributed by atoms with van der Waals surface area (Å²) in [4.78, 5) is 11.7. The van der Waals surface area contributed by atoms with Gasteiger partial charge in [0.15, 0.2) is 11.5 Å². The molecule has 6 nitrogen and oxygen atoms in total. The molecule has 6 heteroatoms. The fourth-order valence-electron chi connectivity index (χ4n) is 4.04. The molecule has 30 heavy (non-hydrogen) atoms. The summed E-state index contributed by atoms with van der Waals surface area (Å²) in [6.45, 7) is 5.89. The lowest BCUT2D eigenvalue weighted by molar-refractivity contribution is 0.122. The predicted octanol–water partition coefficient (Wildman–Crippen LogP) is 4.15. The van der Waals surface area contributed by atoms with Crippen LogP contribution in [0, 0.1) is 6.92 Å². The van der Waals surface area contributed by atoms with E-state index in [0.717, 1.165) is 55.8 Å². The van der Waals surface area contributed by atoms with Crippen molar-refractivity contribution in [1.82, 2.24) is 14.4 Å². The second-order valence-corrected chi connectivity index (χ2v) is 7.47. The number of benzene rings is 2. The molecular formula is C24H25N5O. The van der Waals surface area contributed by atoms with E-state index in [1.54, 1.807) is 0 Å². The summed E-state index contributed by atoms with van der Waals surface area (Å²) in [5.74, 6) is 1.92. The van der Waals surface area contributed by atoms with Crippen LogP contribution in [0.2, 0.25) is 0 Å². The van der Waals surface area contributed by atoms with Crippen molar-refractivity contribution in [2.75, 3.05) is 36.5 Å². The molecule has 1 saturated heterocycles. The zero-order valence-electron chi connectivity index (χ0n) is 17.1. The number of rotatable bonds is 5. The van der Waals surface area contributed by atoms with Crippen LogP contribution in [0.15, 0.2) is 67.0 Å². The number of ether oxygens (including phenoxy) is 1. The van der Waals surface area contributed by atoms with Gasteiger partial charge in [-0.3, -0.25) is 4.40 Å². The van der Waals surface area contributed by atoms with Gasteiger partial charge in [0.05, 0.1) is 18.9 Å². The first-order valence-electron chi connectivity index (χ1n) is 10.3. The van der Waals surface area contributed by atoms with Crippen molar-refractivity contribution in [2.24, 2.45) is 0 Å². The van der Waals surface area contributed by atoms with Crippen LogP contribution in [0.3, 0.4) is 0 Å². The Morgan fingerprint density at radius 1 is 1.00 bits per heavy atom. The number of aryl methyl sites for hydroxylation is 1. The van der Waals surface area contributed by atoms with Gasteiger partial charge in [0.25, 0.3) is 0 Å². The zero-order valence-corrected chi connectivity index (χ0v) is 17.1. The summed E-state index contributed by atoms with van der Waals surface area (Å²) >= 11 is 0. The molecule has 4 aromatic rings. The standard InChI is InChI=1S/C24H25N5O/c1-18-22(26-17-20-9-5-6-10-21(20)19-7-3-2-4-8-19)29-12-11-25-23(24(29)27-18)28-13-15-30-16-14-28/h2-12,26H,13-17H2,1H3. The lowest BCUT2D eigenvalue weighted by Gasteiger charge is -2.27. The Labute approximate surface area is 176 Å². The first kappa shape index (κ1) is 18.6. The summed E-state index contributed by atoms with van der Waals surface area (Å²) in [5.41, 5.74) is 5.57. The van der Waals surface area contributed by atoms with Crippen LogP contribution in [0.5, 0.6) is 0 Å². The fraction of sp³-hybridized carbons (Fsp3) is 0.250. The predicted molar refractivity (Wildman–Crippen MR) is 120 cm³/mol. The van der Waals surface area contributed by atoms with E-state index in [2.05, 4.69) is 68.1 Å². The highest BCUT2D eigenvalue weighted by molar-refractivity contribution is 5.70. The number of imidazole rings is 1. The zero-order chi connectivity index (χ0) is 20.3.